The zero-order chi connectivity index (χ0) is 27.5. The standard InChI is InChI=1S/C33H25N3O4/c37-32(35-20-22-8-12-25(13-9-22)33(38)39)28-14-15-30(40-26-6-2-1-3-7-26)27-16-18-36(31(27)28)21-23-10-11-24-5-4-17-34-29(24)19-23/h1-19H,20-21H2,(H,35,37)(H,38,39). The Morgan fingerprint density at radius 2 is 1.65 bits per heavy atom. The molecule has 0 radical (unpaired) electrons. The highest BCUT2D eigenvalue weighted by atomic mass is 16.5. The summed E-state index contributed by atoms with van der Waals surface area (Å²) < 4.78 is 8.25. The number of benzene rings is 4. The minimum atomic E-state index is -0.987. The number of aromatic carboxylic acids is 1. The van der Waals surface area contributed by atoms with Crippen LogP contribution in [0.5, 0.6) is 11.5 Å². The van der Waals surface area contributed by atoms with Gasteiger partial charge in [-0.1, -0.05) is 48.5 Å². The molecule has 0 unspecified atom stereocenters. The van der Waals surface area contributed by atoms with Gasteiger partial charge in [0, 0.05) is 36.3 Å². The number of carboxylic acid groups (broad SMARTS) is 1. The largest absolute Gasteiger partial charge is 0.478 e. The molecule has 0 bridgehead atoms. The normalized spacial score (nSPS) is 11.0. The average molecular weight is 528 g/mol. The number of carbonyl (C=O) groups excluding carboxylic acids is 1. The first-order valence-electron chi connectivity index (χ1n) is 12.8. The Morgan fingerprint density at radius 3 is 2.45 bits per heavy atom. The SMILES string of the molecule is O=C(O)c1ccc(CNC(=O)c2ccc(Oc3ccccc3)c3ccn(Cc4ccc5cccnc5c4)c23)cc1. The van der Waals surface area contributed by atoms with Crippen molar-refractivity contribution in [3.05, 3.63) is 138 Å². The summed E-state index contributed by atoms with van der Waals surface area (Å²) >= 11 is 0. The zero-order valence-electron chi connectivity index (χ0n) is 21.5. The van der Waals surface area contributed by atoms with Crippen LogP contribution < -0.4 is 10.1 Å². The molecule has 1 amide bonds. The Bertz CT molecular complexity index is 1840. The molecule has 0 spiro atoms. The molecule has 0 saturated carbocycles. The molecule has 7 nitrogen and oxygen atoms in total. The molecule has 0 fully saturated rings. The monoisotopic (exact) mass is 527 g/mol. The summed E-state index contributed by atoms with van der Waals surface area (Å²) in [7, 11) is 0. The molecule has 0 aliphatic rings. The van der Waals surface area contributed by atoms with Crippen LogP contribution in [0.3, 0.4) is 0 Å². The lowest BCUT2D eigenvalue weighted by Crippen LogP contribution is -2.23. The van der Waals surface area contributed by atoms with E-state index in [1.807, 2.05) is 65.4 Å². The number of carbonyl (C=O) groups is 2. The van der Waals surface area contributed by atoms with E-state index in [-0.39, 0.29) is 18.0 Å². The second-order valence-corrected chi connectivity index (χ2v) is 9.45. The first kappa shape index (κ1) is 24.9. The summed E-state index contributed by atoms with van der Waals surface area (Å²) in [6.45, 7) is 0.807. The molecule has 2 N–H and O–H groups in total. The van der Waals surface area contributed by atoms with Crippen molar-refractivity contribution in [2.75, 3.05) is 0 Å². The van der Waals surface area contributed by atoms with Gasteiger partial charge in [-0.25, -0.2) is 4.79 Å². The van der Waals surface area contributed by atoms with Crippen molar-refractivity contribution in [1.82, 2.24) is 14.9 Å². The first-order chi connectivity index (χ1) is 19.5. The first-order valence-corrected chi connectivity index (χ1v) is 12.8. The number of nitrogens with zero attached hydrogens (tertiary/aromatic N) is 2. The van der Waals surface area contributed by atoms with Gasteiger partial charge in [-0.15, -0.1) is 0 Å². The van der Waals surface area contributed by atoms with Crippen LogP contribution in [0.4, 0.5) is 0 Å². The minimum absolute atomic E-state index is 0.201. The lowest BCUT2D eigenvalue weighted by atomic mass is 10.1. The van der Waals surface area contributed by atoms with Gasteiger partial charge < -0.3 is 19.7 Å². The van der Waals surface area contributed by atoms with Gasteiger partial charge in [0.05, 0.1) is 22.2 Å². The number of para-hydroxylation sites is 1. The fraction of sp³-hybridized carbons (Fsp3) is 0.0606. The minimum Gasteiger partial charge on any atom is -0.478 e. The van der Waals surface area contributed by atoms with E-state index in [4.69, 9.17) is 9.84 Å². The number of hydrogen-bond acceptors (Lipinski definition) is 4. The van der Waals surface area contributed by atoms with Gasteiger partial charge in [-0.05, 0) is 65.7 Å². The third-order valence-corrected chi connectivity index (χ3v) is 6.78. The number of pyridine rings is 1. The number of hydrogen-bond donors (Lipinski definition) is 2. The maximum Gasteiger partial charge on any atom is 0.335 e. The highest BCUT2D eigenvalue weighted by molar-refractivity contribution is 6.07. The number of ether oxygens (including phenoxy) is 1. The van der Waals surface area contributed by atoms with Crippen molar-refractivity contribution in [2.45, 2.75) is 13.1 Å². The fourth-order valence-electron chi connectivity index (χ4n) is 4.77. The number of nitrogens with one attached hydrogen (secondary N) is 1. The Kier molecular flexibility index (Phi) is 6.68. The van der Waals surface area contributed by atoms with Crippen LogP contribution in [0.1, 0.15) is 31.8 Å². The van der Waals surface area contributed by atoms with Crippen molar-refractivity contribution in [3.63, 3.8) is 0 Å². The maximum absolute atomic E-state index is 13.5. The smallest absolute Gasteiger partial charge is 0.335 e. The molecule has 6 aromatic rings. The Labute approximate surface area is 230 Å². The number of amides is 1. The van der Waals surface area contributed by atoms with Crippen molar-refractivity contribution in [3.8, 4) is 11.5 Å². The fourth-order valence-corrected chi connectivity index (χ4v) is 4.77. The second kappa shape index (κ2) is 10.7. The maximum atomic E-state index is 13.5. The Hall–Kier alpha value is -5.43. The summed E-state index contributed by atoms with van der Waals surface area (Å²) in [5.74, 6) is 0.137. The van der Waals surface area contributed by atoms with Crippen molar-refractivity contribution < 1.29 is 19.4 Å². The van der Waals surface area contributed by atoms with Gasteiger partial charge in [-0.2, -0.15) is 0 Å². The third-order valence-electron chi connectivity index (χ3n) is 6.78. The van der Waals surface area contributed by atoms with Crippen molar-refractivity contribution >= 4 is 33.7 Å². The van der Waals surface area contributed by atoms with E-state index in [2.05, 4.69) is 28.5 Å². The predicted molar refractivity (Wildman–Crippen MR) is 154 cm³/mol. The number of carboxylic acids is 1. The van der Waals surface area contributed by atoms with Crippen LogP contribution in [0, 0.1) is 0 Å². The molecule has 40 heavy (non-hydrogen) atoms. The van der Waals surface area contributed by atoms with Gasteiger partial charge >= 0.3 is 5.97 Å². The lowest BCUT2D eigenvalue weighted by molar-refractivity contribution is 0.0696. The summed E-state index contributed by atoms with van der Waals surface area (Å²) in [5.41, 5.74) is 4.25. The highest BCUT2D eigenvalue weighted by Crippen LogP contribution is 2.33. The van der Waals surface area contributed by atoms with Crippen LogP contribution >= 0.6 is 0 Å². The molecule has 0 aliphatic heterocycles. The molecule has 0 saturated heterocycles. The van der Waals surface area contributed by atoms with Crippen molar-refractivity contribution in [1.29, 1.82) is 0 Å². The predicted octanol–water partition coefficient (Wildman–Crippen LogP) is 6.66. The molecular weight excluding hydrogens is 502 g/mol. The second-order valence-electron chi connectivity index (χ2n) is 9.45. The number of aromatic nitrogens is 2. The van der Waals surface area contributed by atoms with Crippen LogP contribution in [-0.4, -0.2) is 26.5 Å². The molecule has 0 aliphatic carbocycles. The summed E-state index contributed by atoms with van der Waals surface area (Å²) in [6.07, 6.45) is 3.74. The van der Waals surface area contributed by atoms with E-state index in [1.165, 1.54) is 12.1 Å². The Balaban J connectivity index is 1.34. The molecule has 196 valence electrons. The topological polar surface area (TPSA) is 93.5 Å². The van der Waals surface area contributed by atoms with Gasteiger partial charge in [0.1, 0.15) is 11.5 Å². The molecule has 4 aromatic carbocycles. The zero-order valence-corrected chi connectivity index (χ0v) is 21.5. The van der Waals surface area contributed by atoms with E-state index in [0.717, 1.165) is 32.9 Å². The van der Waals surface area contributed by atoms with Crippen LogP contribution in [-0.2, 0) is 13.1 Å². The number of rotatable bonds is 8. The lowest BCUT2D eigenvalue weighted by Gasteiger charge is -2.14. The third kappa shape index (κ3) is 5.13. The number of fused-ring (bicyclic) bond motifs is 2. The molecule has 2 aromatic heterocycles. The molecular formula is C33H25N3O4. The molecule has 2 heterocycles. The summed E-state index contributed by atoms with van der Waals surface area (Å²) in [4.78, 5) is 29.1. The van der Waals surface area contributed by atoms with Gasteiger partial charge in [0.15, 0.2) is 0 Å². The van der Waals surface area contributed by atoms with Gasteiger partial charge in [-0.3, -0.25) is 9.78 Å². The van der Waals surface area contributed by atoms with Crippen LogP contribution in [0.25, 0.3) is 21.8 Å². The van der Waals surface area contributed by atoms with Crippen LogP contribution in [0.2, 0.25) is 0 Å². The summed E-state index contributed by atoms with van der Waals surface area (Å²) in [5, 5.41) is 14.0. The van der Waals surface area contributed by atoms with Gasteiger partial charge in [0.25, 0.3) is 5.91 Å². The molecule has 6 rings (SSSR count). The molecule has 0 atom stereocenters. The van der Waals surface area contributed by atoms with E-state index in [1.54, 1.807) is 24.4 Å². The van der Waals surface area contributed by atoms with E-state index >= 15 is 0 Å². The van der Waals surface area contributed by atoms with E-state index in [9.17, 15) is 9.59 Å². The van der Waals surface area contributed by atoms with Crippen LogP contribution in [0.15, 0.2) is 116 Å². The van der Waals surface area contributed by atoms with Crippen molar-refractivity contribution in [2.24, 2.45) is 0 Å². The summed E-state index contributed by atoms with van der Waals surface area (Å²) in [6, 6.07) is 31.7. The van der Waals surface area contributed by atoms with Gasteiger partial charge in [0.2, 0.25) is 0 Å². The van der Waals surface area contributed by atoms with E-state index in [0.29, 0.717) is 23.6 Å². The highest BCUT2D eigenvalue weighted by Gasteiger charge is 2.18. The van der Waals surface area contributed by atoms with E-state index < -0.39 is 5.97 Å². The quantitative estimate of drug-likeness (QED) is 0.231. The molecule has 7 heteroatoms. The Morgan fingerprint density at radius 1 is 0.850 bits per heavy atom. The average Bonchev–Trinajstić information content (AvgIpc) is 3.40.